The van der Waals surface area contributed by atoms with Crippen LogP contribution in [0, 0.1) is 5.82 Å². The van der Waals surface area contributed by atoms with Gasteiger partial charge in [0.2, 0.25) is 0 Å². The van der Waals surface area contributed by atoms with Crippen molar-refractivity contribution in [3.8, 4) is 17.1 Å². The summed E-state index contributed by atoms with van der Waals surface area (Å²) in [6.07, 6.45) is 1.75. The lowest BCUT2D eigenvalue weighted by atomic mass is 10.1. The molecule has 0 aliphatic carbocycles. The van der Waals surface area contributed by atoms with Gasteiger partial charge >= 0.3 is 0 Å². The van der Waals surface area contributed by atoms with Crippen molar-refractivity contribution in [2.45, 2.75) is 23.9 Å². The zero-order chi connectivity index (χ0) is 20.1. The van der Waals surface area contributed by atoms with Crippen molar-refractivity contribution in [3.63, 3.8) is 0 Å². The highest BCUT2D eigenvalue weighted by atomic mass is 32.2. The largest absolute Gasteiger partial charge is 0.496 e. The molecule has 0 aliphatic rings. The van der Waals surface area contributed by atoms with Crippen LogP contribution in [-0.2, 0) is 6.54 Å². The number of rotatable bonds is 8. The van der Waals surface area contributed by atoms with Crippen LogP contribution in [0.4, 0.5) is 4.39 Å². The molecular weight excluding hydrogens is 377 g/mol. The van der Waals surface area contributed by atoms with Crippen molar-refractivity contribution in [2.75, 3.05) is 7.11 Å². The molecule has 28 heavy (non-hydrogen) atoms. The van der Waals surface area contributed by atoms with Crippen molar-refractivity contribution >= 4 is 17.5 Å². The second kappa shape index (κ2) is 8.84. The van der Waals surface area contributed by atoms with E-state index >= 15 is 0 Å². The summed E-state index contributed by atoms with van der Waals surface area (Å²) in [5.41, 5.74) is 1.27. The van der Waals surface area contributed by atoms with Crippen LogP contribution in [-0.4, -0.2) is 32.9 Å². The third kappa shape index (κ3) is 4.14. The van der Waals surface area contributed by atoms with Crippen LogP contribution in [0.25, 0.3) is 11.4 Å². The van der Waals surface area contributed by atoms with E-state index < -0.39 is 5.25 Å². The molecule has 1 heterocycles. The normalized spacial score (nSPS) is 11.8. The minimum absolute atomic E-state index is 0.100. The first kappa shape index (κ1) is 19.8. The van der Waals surface area contributed by atoms with E-state index in [9.17, 15) is 9.18 Å². The first-order valence-electron chi connectivity index (χ1n) is 8.69. The maximum atomic E-state index is 13.1. The number of para-hydroxylation sites is 1. The number of allylic oxidation sites excluding steroid dienone is 1. The Labute approximate surface area is 167 Å². The van der Waals surface area contributed by atoms with Crippen LogP contribution < -0.4 is 4.74 Å². The second-order valence-electron chi connectivity index (χ2n) is 6.04. The smallest absolute Gasteiger partial charge is 0.192 e. The number of carbonyl (C=O) groups is 1. The van der Waals surface area contributed by atoms with Gasteiger partial charge in [0.05, 0.1) is 17.9 Å². The van der Waals surface area contributed by atoms with E-state index in [1.807, 2.05) is 28.8 Å². The third-order valence-electron chi connectivity index (χ3n) is 4.16. The van der Waals surface area contributed by atoms with E-state index in [4.69, 9.17) is 4.74 Å². The van der Waals surface area contributed by atoms with E-state index in [-0.39, 0.29) is 11.6 Å². The molecule has 3 aromatic rings. The number of thioether (sulfide) groups is 1. The Morgan fingerprint density at radius 3 is 2.64 bits per heavy atom. The first-order valence-corrected chi connectivity index (χ1v) is 9.57. The van der Waals surface area contributed by atoms with Crippen molar-refractivity contribution in [3.05, 3.63) is 72.6 Å². The average molecular weight is 397 g/mol. The number of methoxy groups -OCH3 is 1. The Bertz CT molecular complexity index is 986. The summed E-state index contributed by atoms with van der Waals surface area (Å²) in [6.45, 7) is 6.09. The molecule has 7 heteroatoms. The Hall–Kier alpha value is -2.93. The summed E-state index contributed by atoms with van der Waals surface area (Å²) in [7, 11) is 1.60. The molecule has 1 atom stereocenters. The van der Waals surface area contributed by atoms with Crippen LogP contribution in [0.2, 0.25) is 0 Å². The van der Waals surface area contributed by atoms with Crippen LogP contribution >= 0.6 is 11.8 Å². The second-order valence-corrected chi connectivity index (χ2v) is 7.34. The number of halogens is 1. The molecule has 0 fully saturated rings. The lowest BCUT2D eigenvalue weighted by Gasteiger charge is -2.13. The van der Waals surface area contributed by atoms with Gasteiger partial charge < -0.3 is 4.74 Å². The van der Waals surface area contributed by atoms with E-state index in [1.165, 1.54) is 36.0 Å². The van der Waals surface area contributed by atoms with Crippen LogP contribution in [0.5, 0.6) is 5.75 Å². The molecule has 0 bridgehead atoms. The minimum Gasteiger partial charge on any atom is -0.496 e. The van der Waals surface area contributed by atoms with Gasteiger partial charge in [-0.15, -0.1) is 16.8 Å². The highest BCUT2D eigenvalue weighted by Gasteiger charge is 2.22. The quantitative estimate of drug-likeness (QED) is 0.315. The van der Waals surface area contributed by atoms with Gasteiger partial charge in [-0.1, -0.05) is 30.0 Å². The number of benzene rings is 2. The molecule has 5 nitrogen and oxygen atoms in total. The lowest BCUT2D eigenvalue weighted by Crippen LogP contribution is -2.15. The van der Waals surface area contributed by atoms with Crippen LogP contribution in [0.1, 0.15) is 17.3 Å². The van der Waals surface area contributed by atoms with Gasteiger partial charge in [0, 0.05) is 12.1 Å². The summed E-state index contributed by atoms with van der Waals surface area (Å²) in [6, 6.07) is 13.1. The van der Waals surface area contributed by atoms with Crippen LogP contribution in [0.15, 0.2) is 66.3 Å². The number of carbonyl (C=O) groups excluding carboxylic acids is 1. The van der Waals surface area contributed by atoms with Gasteiger partial charge in [-0.3, -0.25) is 9.36 Å². The molecule has 0 amide bonds. The Kier molecular flexibility index (Phi) is 6.26. The van der Waals surface area contributed by atoms with E-state index in [0.29, 0.717) is 28.8 Å². The van der Waals surface area contributed by atoms with Crippen molar-refractivity contribution in [1.29, 1.82) is 0 Å². The zero-order valence-corrected chi connectivity index (χ0v) is 16.4. The molecule has 0 N–H and O–H groups in total. The number of hydrogen-bond acceptors (Lipinski definition) is 5. The molecule has 2 aromatic carbocycles. The summed E-state index contributed by atoms with van der Waals surface area (Å²) >= 11 is 1.30. The molecule has 0 aliphatic heterocycles. The highest BCUT2D eigenvalue weighted by Crippen LogP contribution is 2.32. The number of aromatic nitrogens is 3. The molecule has 0 unspecified atom stereocenters. The number of ketones is 1. The first-order chi connectivity index (χ1) is 13.5. The maximum absolute atomic E-state index is 13.1. The van der Waals surface area contributed by atoms with Crippen molar-refractivity contribution < 1.29 is 13.9 Å². The predicted molar refractivity (Wildman–Crippen MR) is 108 cm³/mol. The summed E-state index contributed by atoms with van der Waals surface area (Å²) < 4.78 is 20.4. The standard InChI is InChI=1S/C21H20FN3O2S/c1-4-13-25-20(17-7-5-6-8-18(17)27-3)23-24-21(25)28-14(2)19(26)15-9-11-16(22)12-10-15/h4-12,14H,1,13H2,2-3H3/t14-/m1/s1. The summed E-state index contributed by atoms with van der Waals surface area (Å²) in [5, 5.41) is 8.78. The molecular formula is C21H20FN3O2S. The summed E-state index contributed by atoms with van der Waals surface area (Å²) in [5.74, 6) is 0.856. The number of hydrogen-bond donors (Lipinski definition) is 0. The minimum atomic E-state index is -0.413. The van der Waals surface area contributed by atoms with Gasteiger partial charge in [-0.2, -0.15) is 0 Å². The summed E-state index contributed by atoms with van der Waals surface area (Å²) in [4.78, 5) is 12.7. The Morgan fingerprint density at radius 2 is 1.96 bits per heavy atom. The highest BCUT2D eigenvalue weighted by molar-refractivity contribution is 8.00. The van der Waals surface area contributed by atoms with Crippen molar-refractivity contribution in [1.82, 2.24) is 14.8 Å². The number of ether oxygens (including phenoxy) is 1. The number of nitrogens with zero attached hydrogens (tertiary/aromatic N) is 3. The monoisotopic (exact) mass is 397 g/mol. The maximum Gasteiger partial charge on any atom is 0.192 e. The van der Waals surface area contributed by atoms with E-state index in [1.54, 1.807) is 20.1 Å². The van der Waals surface area contributed by atoms with Crippen LogP contribution in [0.3, 0.4) is 0 Å². The van der Waals surface area contributed by atoms with Crippen molar-refractivity contribution in [2.24, 2.45) is 0 Å². The Morgan fingerprint density at radius 1 is 1.25 bits per heavy atom. The molecule has 144 valence electrons. The molecule has 0 saturated heterocycles. The SMILES string of the molecule is C=CCn1c(S[C@H](C)C(=O)c2ccc(F)cc2)nnc1-c1ccccc1OC. The fourth-order valence-corrected chi connectivity index (χ4v) is 3.69. The molecule has 1 aromatic heterocycles. The van der Waals surface area contributed by atoms with E-state index in [0.717, 1.165) is 5.56 Å². The van der Waals surface area contributed by atoms with Gasteiger partial charge in [0.15, 0.2) is 16.8 Å². The fraction of sp³-hybridized carbons (Fsp3) is 0.190. The van der Waals surface area contributed by atoms with Gasteiger partial charge in [-0.25, -0.2) is 4.39 Å². The molecule has 3 rings (SSSR count). The van der Waals surface area contributed by atoms with Gasteiger partial charge in [0.25, 0.3) is 0 Å². The fourth-order valence-electron chi connectivity index (χ4n) is 2.76. The number of Topliss-reactive ketones (excluding diaryl/α,β-unsaturated/α-hetero) is 1. The third-order valence-corrected chi connectivity index (χ3v) is 5.24. The van der Waals surface area contributed by atoms with Gasteiger partial charge in [0.1, 0.15) is 11.6 Å². The predicted octanol–water partition coefficient (Wildman–Crippen LogP) is 4.64. The lowest BCUT2D eigenvalue weighted by molar-refractivity contribution is 0.0994. The molecule has 0 radical (unpaired) electrons. The topological polar surface area (TPSA) is 57.0 Å². The van der Waals surface area contributed by atoms with Gasteiger partial charge in [-0.05, 0) is 43.3 Å². The average Bonchev–Trinajstić information content (AvgIpc) is 3.10. The van der Waals surface area contributed by atoms with E-state index in [2.05, 4.69) is 16.8 Å². The molecule has 0 spiro atoms. The zero-order valence-electron chi connectivity index (χ0n) is 15.6. The Balaban J connectivity index is 1.90. The molecule has 0 saturated carbocycles.